The number of nitrogens with one attached hydrogen (secondary N) is 1. The first kappa shape index (κ1) is 13.2. The van der Waals surface area contributed by atoms with Crippen molar-refractivity contribution < 1.29 is 19.1 Å². The standard InChI is InChI=1S/C14H15NO4/c1-18-12-5-3-2-4-10(12)8-15-9-11-6-7-13(19-11)14(16)17/h2-7,15H,8-9H2,1H3,(H,16,17). The maximum absolute atomic E-state index is 10.7. The van der Waals surface area contributed by atoms with E-state index in [1.54, 1.807) is 13.2 Å². The third kappa shape index (κ3) is 3.35. The van der Waals surface area contributed by atoms with Gasteiger partial charge in [-0.15, -0.1) is 0 Å². The lowest BCUT2D eigenvalue weighted by Gasteiger charge is -2.08. The highest BCUT2D eigenvalue weighted by atomic mass is 16.5. The summed E-state index contributed by atoms with van der Waals surface area (Å²) in [6, 6.07) is 10.8. The second-order valence-corrected chi connectivity index (χ2v) is 3.99. The molecule has 2 aromatic rings. The van der Waals surface area contributed by atoms with Gasteiger partial charge in [-0.25, -0.2) is 4.79 Å². The second-order valence-electron chi connectivity index (χ2n) is 3.99. The predicted molar refractivity (Wildman–Crippen MR) is 69.2 cm³/mol. The molecule has 0 fully saturated rings. The average Bonchev–Trinajstić information content (AvgIpc) is 2.88. The number of ether oxygens (including phenoxy) is 1. The quantitative estimate of drug-likeness (QED) is 0.834. The summed E-state index contributed by atoms with van der Waals surface area (Å²) in [4.78, 5) is 10.7. The van der Waals surface area contributed by atoms with E-state index in [1.165, 1.54) is 6.07 Å². The molecule has 0 saturated carbocycles. The van der Waals surface area contributed by atoms with E-state index in [0.29, 0.717) is 18.8 Å². The first-order chi connectivity index (χ1) is 9.20. The third-order valence-corrected chi connectivity index (χ3v) is 2.68. The Morgan fingerprint density at radius 1 is 1.26 bits per heavy atom. The van der Waals surface area contributed by atoms with Crippen molar-refractivity contribution >= 4 is 5.97 Å². The van der Waals surface area contributed by atoms with Crippen LogP contribution in [-0.4, -0.2) is 18.2 Å². The summed E-state index contributed by atoms with van der Waals surface area (Å²) >= 11 is 0. The van der Waals surface area contributed by atoms with Crippen LogP contribution in [0.15, 0.2) is 40.8 Å². The molecule has 0 aliphatic carbocycles. The summed E-state index contributed by atoms with van der Waals surface area (Å²) in [7, 11) is 1.63. The zero-order valence-corrected chi connectivity index (χ0v) is 10.6. The highest BCUT2D eigenvalue weighted by Gasteiger charge is 2.08. The molecular formula is C14H15NO4. The molecule has 0 aliphatic heterocycles. The number of carboxylic acid groups (broad SMARTS) is 1. The molecule has 0 amide bonds. The molecule has 0 saturated heterocycles. The van der Waals surface area contributed by atoms with Crippen LogP contribution in [0.3, 0.4) is 0 Å². The van der Waals surface area contributed by atoms with Crippen molar-refractivity contribution in [3.63, 3.8) is 0 Å². The summed E-state index contributed by atoms with van der Waals surface area (Å²) < 4.78 is 10.4. The molecule has 0 unspecified atom stereocenters. The highest BCUT2D eigenvalue weighted by Crippen LogP contribution is 2.17. The van der Waals surface area contributed by atoms with Crippen molar-refractivity contribution in [1.29, 1.82) is 0 Å². The van der Waals surface area contributed by atoms with Crippen LogP contribution in [0, 0.1) is 0 Å². The number of methoxy groups -OCH3 is 1. The Morgan fingerprint density at radius 3 is 2.74 bits per heavy atom. The van der Waals surface area contributed by atoms with Gasteiger partial charge in [0.25, 0.3) is 0 Å². The molecule has 19 heavy (non-hydrogen) atoms. The largest absolute Gasteiger partial charge is 0.496 e. The van der Waals surface area contributed by atoms with Crippen LogP contribution in [0.2, 0.25) is 0 Å². The lowest BCUT2D eigenvalue weighted by molar-refractivity contribution is 0.0660. The molecule has 0 aliphatic rings. The van der Waals surface area contributed by atoms with E-state index in [0.717, 1.165) is 11.3 Å². The van der Waals surface area contributed by atoms with Gasteiger partial charge in [-0.05, 0) is 18.2 Å². The normalized spacial score (nSPS) is 10.4. The van der Waals surface area contributed by atoms with Gasteiger partial charge in [0.15, 0.2) is 0 Å². The summed E-state index contributed by atoms with van der Waals surface area (Å²) in [6.45, 7) is 1.08. The number of benzene rings is 1. The van der Waals surface area contributed by atoms with Crippen molar-refractivity contribution in [3.8, 4) is 5.75 Å². The zero-order valence-electron chi connectivity index (χ0n) is 10.6. The molecule has 0 bridgehead atoms. The molecule has 5 heteroatoms. The maximum Gasteiger partial charge on any atom is 0.371 e. The molecule has 5 nitrogen and oxygen atoms in total. The fourth-order valence-corrected chi connectivity index (χ4v) is 1.76. The molecule has 1 heterocycles. The van der Waals surface area contributed by atoms with Crippen molar-refractivity contribution in [2.75, 3.05) is 7.11 Å². The molecule has 0 radical (unpaired) electrons. The fourth-order valence-electron chi connectivity index (χ4n) is 1.76. The first-order valence-corrected chi connectivity index (χ1v) is 5.85. The third-order valence-electron chi connectivity index (χ3n) is 2.68. The lowest BCUT2D eigenvalue weighted by atomic mass is 10.2. The van der Waals surface area contributed by atoms with Crippen molar-refractivity contribution in [2.45, 2.75) is 13.1 Å². The minimum atomic E-state index is -1.06. The number of para-hydroxylation sites is 1. The van der Waals surface area contributed by atoms with Gasteiger partial charge in [-0.2, -0.15) is 0 Å². The van der Waals surface area contributed by atoms with E-state index >= 15 is 0 Å². The number of carbonyl (C=O) groups is 1. The van der Waals surface area contributed by atoms with E-state index in [2.05, 4.69) is 5.32 Å². The molecule has 1 aromatic carbocycles. The van der Waals surface area contributed by atoms with E-state index < -0.39 is 5.97 Å². The number of aromatic carboxylic acids is 1. The van der Waals surface area contributed by atoms with Crippen LogP contribution >= 0.6 is 0 Å². The molecule has 2 N–H and O–H groups in total. The van der Waals surface area contributed by atoms with Crippen molar-refractivity contribution in [1.82, 2.24) is 5.32 Å². The van der Waals surface area contributed by atoms with Gasteiger partial charge in [0.1, 0.15) is 11.5 Å². The minimum Gasteiger partial charge on any atom is -0.496 e. The van der Waals surface area contributed by atoms with E-state index in [9.17, 15) is 4.79 Å². The van der Waals surface area contributed by atoms with Crippen LogP contribution in [-0.2, 0) is 13.1 Å². The van der Waals surface area contributed by atoms with Crippen LogP contribution in [0.5, 0.6) is 5.75 Å². The summed E-state index contributed by atoms with van der Waals surface area (Å²) in [6.07, 6.45) is 0. The van der Waals surface area contributed by atoms with Crippen LogP contribution < -0.4 is 10.1 Å². The number of carboxylic acids is 1. The van der Waals surface area contributed by atoms with Gasteiger partial charge in [0.05, 0.1) is 13.7 Å². The fraction of sp³-hybridized carbons (Fsp3) is 0.214. The second kappa shape index (κ2) is 6.06. The van der Waals surface area contributed by atoms with Crippen molar-refractivity contribution in [3.05, 3.63) is 53.5 Å². The summed E-state index contributed by atoms with van der Waals surface area (Å²) in [5, 5.41) is 11.9. The molecule has 2 rings (SSSR count). The SMILES string of the molecule is COc1ccccc1CNCc1ccc(C(=O)O)o1. The summed E-state index contributed by atoms with van der Waals surface area (Å²) in [5.74, 6) is 0.304. The van der Waals surface area contributed by atoms with Crippen LogP contribution in [0.25, 0.3) is 0 Å². The Kier molecular flexibility index (Phi) is 4.20. The van der Waals surface area contributed by atoms with Gasteiger partial charge in [0, 0.05) is 12.1 Å². The van der Waals surface area contributed by atoms with Gasteiger partial charge in [0.2, 0.25) is 5.76 Å². The molecule has 100 valence electrons. The minimum absolute atomic E-state index is 0.0471. The molecule has 1 aromatic heterocycles. The van der Waals surface area contributed by atoms with Crippen LogP contribution in [0.1, 0.15) is 21.9 Å². The van der Waals surface area contributed by atoms with E-state index in [4.69, 9.17) is 14.3 Å². The predicted octanol–water partition coefficient (Wildman–Crippen LogP) is 2.28. The van der Waals surface area contributed by atoms with Crippen molar-refractivity contribution in [2.24, 2.45) is 0 Å². The Balaban J connectivity index is 1.90. The first-order valence-electron chi connectivity index (χ1n) is 5.85. The lowest BCUT2D eigenvalue weighted by Crippen LogP contribution is -2.12. The monoisotopic (exact) mass is 261 g/mol. The molecular weight excluding hydrogens is 246 g/mol. The smallest absolute Gasteiger partial charge is 0.371 e. The Morgan fingerprint density at radius 2 is 2.05 bits per heavy atom. The van der Waals surface area contributed by atoms with Gasteiger partial charge >= 0.3 is 5.97 Å². The number of furan rings is 1. The number of hydrogen-bond donors (Lipinski definition) is 2. The van der Waals surface area contributed by atoms with E-state index in [-0.39, 0.29) is 5.76 Å². The van der Waals surface area contributed by atoms with Crippen LogP contribution in [0.4, 0.5) is 0 Å². The Labute approximate surface area is 110 Å². The Bertz CT molecular complexity index is 562. The number of rotatable bonds is 6. The summed E-state index contributed by atoms with van der Waals surface area (Å²) in [5.41, 5.74) is 1.04. The van der Waals surface area contributed by atoms with E-state index in [1.807, 2.05) is 24.3 Å². The zero-order chi connectivity index (χ0) is 13.7. The topological polar surface area (TPSA) is 71.7 Å². The van der Waals surface area contributed by atoms with Gasteiger partial charge in [-0.3, -0.25) is 0 Å². The number of hydrogen-bond acceptors (Lipinski definition) is 4. The molecule has 0 spiro atoms. The van der Waals surface area contributed by atoms with Gasteiger partial charge in [-0.1, -0.05) is 18.2 Å². The maximum atomic E-state index is 10.7. The molecule has 0 atom stereocenters. The highest BCUT2D eigenvalue weighted by molar-refractivity contribution is 5.84. The van der Waals surface area contributed by atoms with Gasteiger partial charge < -0.3 is 19.6 Å². The Hall–Kier alpha value is -2.27. The average molecular weight is 261 g/mol.